The van der Waals surface area contributed by atoms with Crippen LogP contribution in [0.2, 0.25) is 0 Å². The summed E-state index contributed by atoms with van der Waals surface area (Å²) in [5, 5.41) is 10.4. The Kier molecular flexibility index (Phi) is 4.95. The minimum Gasteiger partial charge on any atom is -0.350 e. The molecule has 1 unspecified atom stereocenters. The molecule has 8 heteroatoms. The predicted molar refractivity (Wildman–Crippen MR) is 104 cm³/mol. The molecule has 0 aliphatic carbocycles. The van der Waals surface area contributed by atoms with Crippen LogP contribution in [0.4, 0.5) is 0 Å². The third kappa shape index (κ3) is 3.16. The van der Waals surface area contributed by atoms with Gasteiger partial charge in [-0.05, 0) is 49.7 Å². The highest BCUT2D eigenvalue weighted by molar-refractivity contribution is 7.71. The molecule has 0 fully saturated rings. The number of fused-ring (bicyclic) bond motifs is 3. The number of hydrogen-bond donors (Lipinski definition) is 2. The molecule has 0 bridgehead atoms. The Morgan fingerprint density at radius 2 is 2.08 bits per heavy atom. The molecule has 2 aromatic heterocycles. The Morgan fingerprint density at radius 1 is 1.35 bits per heavy atom. The van der Waals surface area contributed by atoms with Gasteiger partial charge in [0.2, 0.25) is 10.5 Å². The Labute approximate surface area is 156 Å². The molecule has 26 heavy (non-hydrogen) atoms. The van der Waals surface area contributed by atoms with Crippen molar-refractivity contribution in [3.63, 3.8) is 0 Å². The Morgan fingerprint density at radius 3 is 2.73 bits per heavy atom. The Hall–Kier alpha value is -2.48. The van der Waals surface area contributed by atoms with Gasteiger partial charge in [0.05, 0.1) is 10.9 Å². The molecule has 0 aliphatic rings. The van der Waals surface area contributed by atoms with Gasteiger partial charge in [0.15, 0.2) is 0 Å². The summed E-state index contributed by atoms with van der Waals surface area (Å²) in [6, 6.07) is 5.14. The van der Waals surface area contributed by atoms with Gasteiger partial charge in [0.1, 0.15) is 0 Å². The highest BCUT2D eigenvalue weighted by Gasteiger charge is 2.16. The van der Waals surface area contributed by atoms with E-state index in [0.717, 1.165) is 6.42 Å². The van der Waals surface area contributed by atoms with Crippen LogP contribution >= 0.6 is 12.2 Å². The molecule has 2 N–H and O–H groups in total. The zero-order valence-corrected chi connectivity index (χ0v) is 16.2. The van der Waals surface area contributed by atoms with Gasteiger partial charge in [0, 0.05) is 18.2 Å². The smallest absolute Gasteiger partial charge is 0.262 e. The lowest BCUT2D eigenvalue weighted by Crippen LogP contribution is -2.32. The molecule has 0 saturated carbocycles. The number of benzene rings is 1. The van der Waals surface area contributed by atoms with E-state index in [0.29, 0.717) is 33.6 Å². The number of nitrogens with zero attached hydrogens (tertiary/aromatic N) is 3. The Bertz CT molecular complexity index is 1090. The molecule has 3 aromatic rings. The zero-order chi connectivity index (χ0) is 19.0. The van der Waals surface area contributed by atoms with Crippen LogP contribution in [0.3, 0.4) is 0 Å². The van der Waals surface area contributed by atoms with Crippen molar-refractivity contribution in [1.29, 1.82) is 0 Å². The highest BCUT2D eigenvalue weighted by Crippen LogP contribution is 2.16. The molecule has 1 atom stereocenters. The van der Waals surface area contributed by atoms with Gasteiger partial charge >= 0.3 is 0 Å². The van der Waals surface area contributed by atoms with Crippen LogP contribution in [0.15, 0.2) is 23.0 Å². The molecular formula is C18H23N5O2S. The van der Waals surface area contributed by atoms with Crippen LogP contribution < -0.4 is 10.9 Å². The zero-order valence-electron chi connectivity index (χ0n) is 15.4. The summed E-state index contributed by atoms with van der Waals surface area (Å²) in [7, 11) is 0. The van der Waals surface area contributed by atoms with E-state index in [-0.39, 0.29) is 23.4 Å². The number of carbonyl (C=O) groups is 1. The normalized spacial score (nSPS) is 12.8. The summed E-state index contributed by atoms with van der Waals surface area (Å²) < 4.78 is 3.73. The number of aromatic amines is 1. The van der Waals surface area contributed by atoms with Gasteiger partial charge in [-0.2, -0.15) is 0 Å². The third-order valence-electron chi connectivity index (χ3n) is 4.41. The van der Waals surface area contributed by atoms with Crippen molar-refractivity contribution < 1.29 is 4.79 Å². The maximum absolute atomic E-state index is 13.0. The van der Waals surface area contributed by atoms with E-state index in [9.17, 15) is 9.59 Å². The van der Waals surface area contributed by atoms with Crippen molar-refractivity contribution in [2.75, 3.05) is 0 Å². The molecule has 1 aromatic carbocycles. The van der Waals surface area contributed by atoms with Crippen molar-refractivity contribution in [2.45, 2.75) is 46.7 Å². The molecule has 138 valence electrons. The number of amides is 1. The van der Waals surface area contributed by atoms with E-state index < -0.39 is 0 Å². The number of rotatable bonds is 5. The maximum Gasteiger partial charge on any atom is 0.262 e. The minimum absolute atomic E-state index is 0.0772. The summed E-state index contributed by atoms with van der Waals surface area (Å²) in [5.74, 6) is 0.566. The molecule has 1 amide bonds. The molecular weight excluding hydrogens is 350 g/mol. The first kappa shape index (κ1) is 18.3. The average molecular weight is 373 g/mol. The summed E-state index contributed by atoms with van der Waals surface area (Å²) in [5.41, 5.74) is 0.938. The van der Waals surface area contributed by atoms with Gasteiger partial charge in [-0.1, -0.05) is 20.8 Å². The van der Waals surface area contributed by atoms with E-state index in [2.05, 4.69) is 15.5 Å². The van der Waals surface area contributed by atoms with Crippen molar-refractivity contribution >= 4 is 34.8 Å². The predicted octanol–water partition coefficient (Wildman–Crippen LogP) is 2.89. The molecule has 0 radical (unpaired) electrons. The van der Waals surface area contributed by atoms with Crippen LogP contribution in [0, 0.1) is 10.7 Å². The lowest BCUT2D eigenvalue weighted by molar-refractivity contribution is 0.0939. The molecule has 0 saturated heterocycles. The third-order valence-corrected chi connectivity index (χ3v) is 4.68. The number of hydrogen-bond acceptors (Lipinski definition) is 4. The summed E-state index contributed by atoms with van der Waals surface area (Å²) in [4.78, 5) is 25.4. The number of aromatic nitrogens is 4. The summed E-state index contributed by atoms with van der Waals surface area (Å²) in [6.07, 6.45) is 0.844. The number of nitrogens with one attached hydrogen (secondary N) is 2. The standard InChI is InChI=1S/C18H23N5O2S/c1-5-11(4)19-15(24)12-6-7-13-14(8-12)23-17(20-21-18(23)26)22(16(13)25)9-10(2)3/h6-8,10-11H,5,9H2,1-4H3,(H,19,24)(H,21,26). The van der Waals surface area contributed by atoms with E-state index in [1.165, 1.54) is 0 Å². The van der Waals surface area contributed by atoms with Gasteiger partial charge in [0.25, 0.3) is 11.5 Å². The first-order chi connectivity index (χ1) is 12.3. The SMILES string of the molecule is CCC(C)NC(=O)c1ccc2c(=O)n(CC(C)C)c3n[nH]c(=S)n3c2c1. The quantitative estimate of drug-likeness (QED) is 0.674. The lowest BCUT2D eigenvalue weighted by Gasteiger charge is -2.14. The van der Waals surface area contributed by atoms with Crippen LogP contribution in [-0.2, 0) is 6.54 Å². The van der Waals surface area contributed by atoms with Crippen LogP contribution in [-0.4, -0.2) is 31.1 Å². The van der Waals surface area contributed by atoms with Crippen molar-refractivity contribution in [2.24, 2.45) is 5.92 Å². The first-order valence-electron chi connectivity index (χ1n) is 8.78. The fourth-order valence-electron chi connectivity index (χ4n) is 2.90. The second-order valence-corrected chi connectivity index (χ2v) is 7.38. The summed E-state index contributed by atoms with van der Waals surface area (Å²) >= 11 is 5.36. The van der Waals surface area contributed by atoms with Crippen LogP contribution in [0.1, 0.15) is 44.5 Å². The number of H-pyrrole nitrogens is 1. The molecule has 7 nitrogen and oxygen atoms in total. The van der Waals surface area contributed by atoms with E-state index in [1.807, 2.05) is 27.7 Å². The Balaban J connectivity index is 2.26. The molecule has 3 rings (SSSR count). The van der Waals surface area contributed by atoms with Gasteiger partial charge in [-0.25, -0.2) is 5.10 Å². The molecule has 2 heterocycles. The number of carbonyl (C=O) groups excluding carboxylic acids is 1. The van der Waals surface area contributed by atoms with E-state index >= 15 is 0 Å². The fraction of sp³-hybridized carbons (Fsp3) is 0.444. The van der Waals surface area contributed by atoms with Gasteiger partial charge < -0.3 is 5.32 Å². The van der Waals surface area contributed by atoms with Gasteiger partial charge in [-0.3, -0.25) is 18.6 Å². The maximum atomic E-state index is 13.0. The monoisotopic (exact) mass is 373 g/mol. The lowest BCUT2D eigenvalue weighted by atomic mass is 10.1. The van der Waals surface area contributed by atoms with Gasteiger partial charge in [-0.15, -0.1) is 5.10 Å². The fourth-order valence-corrected chi connectivity index (χ4v) is 3.13. The highest BCUT2D eigenvalue weighted by atomic mass is 32.1. The summed E-state index contributed by atoms with van der Waals surface area (Å²) in [6.45, 7) is 8.58. The van der Waals surface area contributed by atoms with E-state index in [4.69, 9.17) is 12.2 Å². The minimum atomic E-state index is -0.171. The largest absolute Gasteiger partial charge is 0.350 e. The van der Waals surface area contributed by atoms with Crippen LogP contribution in [0.5, 0.6) is 0 Å². The second kappa shape index (κ2) is 7.03. The molecule has 0 aliphatic heterocycles. The van der Waals surface area contributed by atoms with Crippen molar-refractivity contribution in [1.82, 2.24) is 24.5 Å². The topological polar surface area (TPSA) is 84.2 Å². The second-order valence-electron chi connectivity index (χ2n) is 6.99. The van der Waals surface area contributed by atoms with Crippen LogP contribution in [0.25, 0.3) is 16.7 Å². The van der Waals surface area contributed by atoms with Crippen molar-refractivity contribution in [3.8, 4) is 0 Å². The van der Waals surface area contributed by atoms with E-state index in [1.54, 1.807) is 27.2 Å². The average Bonchev–Trinajstić information content (AvgIpc) is 2.99. The van der Waals surface area contributed by atoms with Crippen molar-refractivity contribution in [3.05, 3.63) is 38.9 Å². The molecule has 0 spiro atoms. The first-order valence-corrected chi connectivity index (χ1v) is 9.18.